The van der Waals surface area contributed by atoms with Crippen molar-refractivity contribution in [3.63, 3.8) is 0 Å². The molecule has 1 aromatic carbocycles. The lowest BCUT2D eigenvalue weighted by Gasteiger charge is -2.15. The molecule has 0 aromatic heterocycles. The van der Waals surface area contributed by atoms with E-state index in [2.05, 4.69) is 15.9 Å². The number of alkyl halides is 3. The average Bonchev–Trinajstić information content (AvgIpc) is 1.99. The van der Waals surface area contributed by atoms with Crippen LogP contribution in [-0.4, -0.2) is 6.18 Å². The fourth-order valence-electron chi connectivity index (χ4n) is 1.16. The zero-order valence-electron chi connectivity index (χ0n) is 7.89. The van der Waals surface area contributed by atoms with Gasteiger partial charge in [0.05, 0.1) is 6.42 Å². The molecule has 1 rings (SSSR count). The van der Waals surface area contributed by atoms with Gasteiger partial charge in [0.2, 0.25) is 0 Å². The van der Waals surface area contributed by atoms with Crippen LogP contribution in [0.25, 0.3) is 0 Å². The van der Waals surface area contributed by atoms with Crippen LogP contribution in [0.3, 0.4) is 0 Å². The molecule has 0 heterocycles. The number of halogens is 6. The van der Waals surface area contributed by atoms with E-state index in [0.29, 0.717) is 10.0 Å². The Hall–Kier alpha value is 0.0300. The molecular weight excluding hydrogens is 330 g/mol. The molecule has 0 aliphatic rings. The van der Waals surface area contributed by atoms with Crippen molar-refractivity contribution in [1.29, 1.82) is 0 Å². The summed E-state index contributed by atoms with van der Waals surface area (Å²) in [6, 6.07) is 3.50. The van der Waals surface area contributed by atoms with E-state index >= 15 is 0 Å². The van der Waals surface area contributed by atoms with Crippen LogP contribution in [0.5, 0.6) is 0 Å². The van der Waals surface area contributed by atoms with Gasteiger partial charge in [-0.1, -0.05) is 33.6 Å². The molecule has 2 N–H and O–H groups in total. The molecule has 92 valence electrons. The van der Waals surface area contributed by atoms with E-state index in [1.165, 1.54) is 12.1 Å². The van der Waals surface area contributed by atoms with Crippen molar-refractivity contribution in [2.24, 2.45) is 5.73 Å². The van der Waals surface area contributed by atoms with Gasteiger partial charge in [-0.15, -0.1) is 12.4 Å². The first-order valence-corrected chi connectivity index (χ1v) is 5.24. The van der Waals surface area contributed by atoms with E-state index in [4.69, 9.17) is 17.3 Å². The maximum absolute atomic E-state index is 12.1. The summed E-state index contributed by atoms with van der Waals surface area (Å²) in [5.41, 5.74) is 5.72. The first-order chi connectivity index (χ1) is 6.79. The average molecular weight is 339 g/mol. The normalized spacial score (nSPS) is 13.1. The maximum Gasteiger partial charge on any atom is 0.390 e. The van der Waals surface area contributed by atoms with Crippen molar-refractivity contribution in [2.75, 3.05) is 0 Å². The van der Waals surface area contributed by atoms with Crippen molar-refractivity contribution in [3.8, 4) is 0 Å². The molecule has 0 saturated heterocycles. The Labute approximate surface area is 111 Å². The quantitative estimate of drug-likeness (QED) is 0.845. The van der Waals surface area contributed by atoms with Gasteiger partial charge in [-0.05, 0) is 17.7 Å². The van der Waals surface area contributed by atoms with Gasteiger partial charge in [0, 0.05) is 15.5 Å². The van der Waals surface area contributed by atoms with Crippen LogP contribution in [0.1, 0.15) is 18.0 Å². The van der Waals surface area contributed by atoms with Gasteiger partial charge in [-0.3, -0.25) is 0 Å². The highest BCUT2D eigenvalue weighted by molar-refractivity contribution is 9.10. The molecule has 0 aliphatic heterocycles. The van der Waals surface area contributed by atoms with E-state index < -0.39 is 18.6 Å². The largest absolute Gasteiger partial charge is 0.390 e. The van der Waals surface area contributed by atoms with Crippen molar-refractivity contribution in [1.82, 2.24) is 0 Å². The van der Waals surface area contributed by atoms with Gasteiger partial charge in [0.1, 0.15) is 0 Å². The summed E-state index contributed by atoms with van der Waals surface area (Å²) in [7, 11) is 0. The minimum absolute atomic E-state index is 0. The van der Waals surface area contributed by atoms with Crippen LogP contribution in [-0.2, 0) is 0 Å². The maximum atomic E-state index is 12.1. The highest BCUT2D eigenvalue weighted by Crippen LogP contribution is 2.32. The Bertz CT molecular complexity index is 357. The third-order valence-corrected chi connectivity index (χ3v) is 2.63. The predicted molar refractivity (Wildman–Crippen MR) is 64.0 cm³/mol. The van der Waals surface area contributed by atoms with E-state index in [1.54, 1.807) is 6.07 Å². The summed E-state index contributed by atoms with van der Waals surface area (Å²) in [5, 5.41) is 0.237. The van der Waals surface area contributed by atoms with Gasteiger partial charge in [0.25, 0.3) is 0 Å². The summed E-state index contributed by atoms with van der Waals surface area (Å²) in [6.45, 7) is 0. The second kappa shape index (κ2) is 6.10. The van der Waals surface area contributed by atoms with Crippen molar-refractivity contribution >= 4 is 39.9 Å². The molecule has 1 nitrogen and oxygen atoms in total. The molecule has 0 bridgehead atoms. The molecule has 0 aliphatic carbocycles. The molecule has 0 amide bonds. The van der Waals surface area contributed by atoms with E-state index in [1.807, 2.05) is 0 Å². The van der Waals surface area contributed by atoms with Crippen LogP contribution in [0.2, 0.25) is 5.02 Å². The van der Waals surface area contributed by atoms with Gasteiger partial charge < -0.3 is 5.73 Å². The molecule has 1 aromatic rings. The summed E-state index contributed by atoms with van der Waals surface area (Å²) in [5.74, 6) is 0. The minimum atomic E-state index is -4.28. The lowest BCUT2D eigenvalue weighted by Crippen LogP contribution is -2.20. The van der Waals surface area contributed by atoms with Crippen LogP contribution in [0, 0.1) is 0 Å². The standard InChI is InChI=1S/C9H8BrClF3N.ClH/c10-5-1-2-6(7(11)3-5)8(15)4-9(12,13)14;/h1-3,8H,4,15H2;1H/t8-;/m1./s1. The topological polar surface area (TPSA) is 26.0 Å². The predicted octanol–water partition coefficient (Wildman–Crippen LogP) is 4.48. The molecule has 0 saturated carbocycles. The fourth-order valence-corrected chi connectivity index (χ4v) is 1.98. The molecule has 16 heavy (non-hydrogen) atoms. The molecule has 7 heteroatoms. The molecule has 0 unspecified atom stereocenters. The zero-order chi connectivity index (χ0) is 11.6. The first kappa shape index (κ1) is 16.0. The van der Waals surface area contributed by atoms with E-state index in [0.717, 1.165) is 0 Å². The lowest BCUT2D eigenvalue weighted by atomic mass is 10.0. The second-order valence-electron chi connectivity index (χ2n) is 3.09. The summed E-state index contributed by atoms with van der Waals surface area (Å²) in [4.78, 5) is 0. The number of hydrogen-bond donors (Lipinski definition) is 1. The number of rotatable bonds is 2. The van der Waals surface area contributed by atoms with Crippen molar-refractivity contribution < 1.29 is 13.2 Å². The molecular formula is C9H9BrCl2F3N. The third kappa shape index (κ3) is 4.91. The number of nitrogens with two attached hydrogens (primary N) is 1. The van der Waals surface area contributed by atoms with Gasteiger partial charge in [-0.25, -0.2) is 0 Å². The zero-order valence-corrected chi connectivity index (χ0v) is 11.1. The Kier molecular flexibility index (Phi) is 6.11. The summed E-state index contributed by atoms with van der Waals surface area (Å²) < 4.78 is 36.9. The van der Waals surface area contributed by atoms with Crippen LogP contribution >= 0.6 is 39.9 Å². The van der Waals surface area contributed by atoms with Crippen molar-refractivity contribution in [3.05, 3.63) is 33.3 Å². The SMILES string of the molecule is Cl.N[C@H](CC(F)(F)F)c1ccc(Br)cc1Cl. The number of hydrogen-bond acceptors (Lipinski definition) is 1. The van der Waals surface area contributed by atoms with Crippen LogP contribution in [0.15, 0.2) is 22.7 Å². The van der Waals surface area contributed by atoms with Gasteiger partial charge in [-0.2, -0.15) is 13.2 Å². The number of benzene rings is 1. The summed E-state index contributed by atoms with van der Waals surface area (Å²) in [6.07, 6.45) is -5.36. The highest BCUT2D eigenvalue weighted by atomic mass is 79.9. The smallest absolute Gasteiger partial charge is 0.324 e. The van der Waals surface area contributed by atoms with E-state index in [-0.39, 0.29) is 17.4 Å². The lowest BCUT2D eigenvalue weighted by molar-refractivity contribution is -0.138. The third-order valence-electron chi connectivity index (χ3n) is 1.81. The molecule has 1 atom stereocenters. The monoisotopic (exact) mass is 337 g/mol. The highest BCUT2D eigenvalue weighted by Gasteiger charge is 2.31. The Morgan fingerprint density at radius 3 is 2.38 bits per heavy atom. The van der Waals surface area contributed by atoms with Crippen LogP contribution in [0.4, 0.5) is 13.2 Å². The second-order valence-corrected chi connectivity index (χ2v) is 4.41. The fraction of sp³-hybridized carbons (Fsp3) is 0.333. The Morgan fingerprint density at radius 1 is 1.38 bits per heavy atom. The minimum Gasteiger partial charge on any atom is -0.324 e. The van der Waals surface area contributed by atoms with Gasteiger partial charge >= 0.3 is 6.18 Å². The Morgan fingerprint density at radius 2 is 1.94 bits per heavy atom. The van der Waals surface area contributed by atoms with E-state index in [9.17, 15) is 13.2 Å². The van der Waals surface area contributed by atoms with Crippen molar-refractivity contribution in [2.45, 2.75) is 18.6 Å². The first-order valence-electron chi connectivity index (χ1n) is 4.07. The van der Waals surface area contributed by atoms with Crippen LogP contribution < -0.4 is 5.73 Å². The molecule has 0 spiro atoms. The van der Waals surface area contributed by atoms with Gasteiger partial charge in [0.15, 0.2) is 0 Å². The molecule has 0 radical (unpaired) electrons. The molecule has 0 fully saturated rings. The Balaban J connectivity index is 0.00000225. The summed E-state index contributed by atoms with van der Waals surface area (Å²) >= 11 is 8.94.